The van der Waals surface area contributed by atoms with E-state index in [-0.39, 0.29) is 4.90 Å². The van der Waals surface area contributed by atoms with Gasteiger partial charge in [-0.05, 0) is 46.3 Å². The second kappa shape index (κ2) is 5.38. The lowest BCUT2D eigenvalue weighted by atomic mass is 10.2. The van der Waals surface area contributed by atoms with Crippen molar-refractivity contribution in [2.24, 2.45) is 0 Å². The quantitative estimate of drug-likeness (QED) is 0.932. The third-order valence-corrected chi connectivity index (χ3v) is 4.32. The monoisotopic (exact) mass is 337 g/mol. The van der Waals surface area contributed by atoms with Crippen LogP contribution < -0.4 is 4.72 Å². The molecule has 0 amide bonds. The maximum atomic E-state index is 12.1. The highest BCUT2D eigenvalue weighted by Gasteiger charge is 2.15. The lowest BCUT2D eigenvalue weighted by Gasteiger charge is -2.09. The molecule has 0 aliphatic carbocycles. The minimum absolute atomic E-state index is 0.0928. The number of sulfonamides is 1. The average Bonchev–Trinajstić information content (AvgIpc) is 2.41. The fourth-order valence-electron chi connectivity index (χ4n) is 1.37. The topological polar surface area (TPSA) is 82.8 Å². The van der Waals surface area contributed by atoms with E-state index in [2.05, 4.69) is 25.6 Å². The van der Waals surface area contributed by atoms with Crippen molar-refractivity contribution in [1.82, 2.24) is 4.98 Å². The summed E-state index contributed by atoms with van der Waals surface area (Å²) in [5, 5.41) is 8.67. The SMILES string of the molecule is N#Cc1ccc(S(=O)(=O)Nc2ccncc2Br)cc1. The molecule has 0 unspecified atom stereocenters. The van der Waals surface area contributed by atoms with Gasteiger partial charge in [-0.3, -0.25) is 9.71 Å². The van der Waals surface area contributed by atoms with Gasteiger partial charge in [0.25, 0.3) is 10.0 Å². The summed E-state index contributed by atoms with van der Waals surface area (Å²) in [4.78, 5) is 3.95. The highest BCUT2D eigenvalue weighted by Crippen LogP contribution is 2.23. The molecule has 0 aliphatic rings. The molecule has 1 aromatic carbocycles. The van der Waals surface area contributed by atoms with Crippen molar-refractivity contribution >= 4 is 31.6 Å². The van der Waals surface area contributed by atoms with Gasteiger partial charge in [-0.25, -0.2) is 8.42 Å². The molecule has 1 N–H and O–H groups in total. The number of nitrogens with one attached hydrogen (secondary N) is 1. The molecule has 1 heterocycles. The van der Waals surface area contributed by atoms with Crippen LogP contribution in [0, 0.1) is 11.3 Å². The third kappa shape index (κ3) is 3.10. The van der Waals surface area contributed by atoms with Gasteiger partial charge in [0.05, 0.1) is 26.7 Å². The molecule has 0 aliphatic heterocycles. The first-order chi connectivity index (χ1) is 9.03. The van der Waals surface area contributed by atoms with Gasteiger partial charge in [0, 0.05) is 12.4 Å². The van der Waals surface area contributed by atoms with Crippen molar-refractivity contribution in [1.29, 1.82) is 5.26 Å². The number of aromatic nitrogens is 1. The Bertz CT molecular complexity index is 736. The van der Waals surface area contributed by atoms with Gasteiger partial charge >= 0.3 is 0 Å². The standard InChI is InChI=1S/C12H8BrN3O2S/c13-11-8-15-6-5-12(11)16-19(17,18)10-3-1-9(7-14)2-4-10/h1-6,8H,(H,15,16). The number of hydrogen-bond acceptors (Lipinski definition) is 4. The molecule has 0 saturated carbocycles. The second-order valence-corrected chi connectivity index (χ2v) is 6.13. The van der Waals surface area contributed by atoms with E-state index < -0.39 is 10.0 Å². The van der Waals surface area contributed by atoms with Crippen LogP contribution in [0.25, 0.3) is 0 Å². The summed E-state index contributed by atoms with van der Waals surface area (Å²) in [6, 6.07) is 9.16. The number of nitriles is 1. The molecule has 7 heteroatoms. The Kier molecular flexibility index (Phi) is 3.83. The molecule has 0 atom stereocenters. The zero-order valence-corrected chi connectivity index (χ0v) is 11.9. The molecule has 0 spiro atoms. The summed E-state index contributed by atoms with van der Waals surface area (Å²) in [5.41, 5.74) is 0.809. The van der Waals surface area contributed by atoms with Crippen molar-refractivity contribution in [2.75, 3.05) is 4.72 Å². The van der Waals surface area contributed by atoms with Gasteiger partial charge in [0.15, 0.2) is 0 Å². The van der Waals surface area contributed by atoms with Gasteiger partial charge in [-0.1, -0.05) is 0 Å². The predicted molar refractivity (Wildman–Crippen MR) is 73.9 cm³/mol. The maximum Gasteiger partial charge on any atom is 0.261 e. The fraction of sp³-hybridized carbons (Fsp3) is 0. The molecule has 2 aromatic rings. The molecule has 2 rings (SSSR count). The van der Waals surface area contributed by atoms with Gasteiger partial charge < -0.3 is 0 Å². The number of benzene rings is 1. The Morgan fingerprint density at radius 1 is 1.21 bits per heavy atom. The molecule has 0 saturated heterocycles. The van der Waals surface area contributed by atoms with Gasteiger partial charge in [0.1, 0.15) is 0 Å². The zero-order chi connectivity index (χ0) is 13.9. The molecular weight excluding hydrogens is 330 g/mol. The van der Waals surface area contributed by atoms with E-state index in [1.807, 2.05) is 6.07 Å². The van der Waals surface area contributed by atoms with Crippen molar-refractivity contribution in [3.8, 4) is 6.07 Å². The molecule has 1 aromatic heterocycles. The summed E-state index contributed by atoms with van der Waals surface area (Å²) in [7, 11) is -3.68. The van der Waals surface area contributed by atoms with E-state index in [1.54, 1.807) is 6.07 Å². The van der Waals surface area contributed by atoms with E-state index in [0.717, 1.165) is 0 Å². The first kappa shape index (κ1) is 13.5. The van der Waals surface area contributed by atoms with Crippen LogP contribution in [0.1, 0.15) is 5.56 Å². The van der Waals surface area contributed by atoms with E-state index in [4.69, 9.17) is 5.26 Å². The van der Waals surface area contributed by atoms with E-state index >= 15 is 0 Å². The second-order valence-electron chi connectivity index (χ2n) is 3.60. The van der Waals surface area contributed by atoms with Gasteiger partial charge in [-0.2, -0.15) is 5.26 Å². The molecule has 0 bridgehead atoms. The molecule has 19 heavy (non-hydrogen) atoms. The van der Waals surface area contributed by atoms with Crippen molar-refractivity contribution in [3.63, 3.8) is 0 Å². The van der Waals surface area contributed by atoms with Gasteiger partial charge in [-0.15, -0.1) is 0 Å². The van der Waals surface area contributed by atoms with Crippen molar-refractivity contribution in [2.45, 2.75) is 4.90 Å². The Labute approximate surface area is 119 Å². The fourth-order valence-corrected chi connectivity index (χ4v) is 2.93. The smallest absolute Gasteiger partial charge is 0.261 e. The number of pyridine rings is 1. The maximum absolute atomic E-state index is 12.1. The molecule has 96 valence electrons. The minimum Gasteiger partial charge on any atom is -0.278 e. The largest absolute Gasteiger partial charge is 0.278 e. The van der Waals surface area contributed by atoms with Crippen LogP contribution >= 0.6 is 15.9 Å². The van der Waals surface area contributed by atoms with Crippen LogP contribution in [0.2, 0.25) is 0 Å². The Morgan fingerprint density at radius 3 is 2.47 bits per heavy atom. The lowest BCUT2D eigenvalue weighted by Crippen LogP contribution is -2.13. The first-order valence-electron chi connectivity index (χ1n) is 5.15. The minimum atomic E-state index is -3.68. The molecule has 0 fully saturated rings. The van der Waals surface area contributed by atoms with Crippen LogP contribution in [0.3, 0.4) is 0 Å². The highest BCUT2D eigenvalue weighted by molar-refractivity contribution is 9.10. The predicted octanol–water partition coefficient (Wildman–Crippen LogP) is 2.52. The zero-order valence-electron chi connectivity index (χ0n) is 9.54. The van der Waals surface area contributed by atoms with Crippen molar-refractivity contribution < 1.29 is 8.42 Å². The summed E-state index contributed by atoms with van der Waals surface area (Å²) < 4.78 is 27.2. The van der Waals surface area contributed by atoms with Crippen LogP contribution in [0.15, 0.2) is 52.1 Å². The lowest BCUT2D eigenvalue weighted by molar-refractivity contribution is 0.601. The van der Waals surface area contributed by atoms with Gasteiger partial charge in [0.2, 0.25) is 0 Å². The summed E-state index contributed by atoms with van der Waals surface area (Å²) >= 11 is 3.21. The number of halogens is 1. The highest BCUT2D eigenvalue weighted by atomic mass is 79.9. The van der Waals surface area contributed by atoms with Crippen LogP contribution in [0.5, 0.6) is 0 Å². The Hall–Kier alpha value is -1.91. The van der Waals surface area contributed by atoms with E-state index in [1.165, 1.54) is 36.7 Å². The number of nitrogens with zero attached hydrogens (tertiary/aromatic N) is 2. The van der Waals surface area contributed by atoms with Crippen LogP contribution in [-0.4, -0.2) is 13.4 Å². The van der Waals surface area contributed by atoms with Crippen molar-refractivity contribution in [3.05, 3.63) is 52.8 Å². The van der Waals surface area contributed by atoms with Crippen LogP contribution in [0.4, 0.5) is 5.69 Å². The number of anilines is 1. The molecule has 0 radical (unpaired) electrons. The average molecular weight is 338 g/mol. The molecular formula is C12H8BrN3O2S. The Morgan fingerprint density at radius 2 is 1.89 bits per heavy atom. The van der Waals surface area contributed by atoms with E-state index in [9.17, 15) is 8.42 Å². The molecule has 5 nitrogen and oxygen atoms in total. The first-order valence-corrected chi connectivity index (χ1v) is 7.43. The number of rotatable bonds is 3. The summed E-state index contributed by atoms with van der Waals surface area (Å²) in [6.07, 6.45) is 2.98. The summed E-state index contributed by atoms with van der Waals surface area (Å²) in [5.74, 6) is 0. The summed E-state index contributed by atoms with van der Waals surface area (Å²) in [6.45, 7) is 0. The third-order valence-electron chi connectivity index (χ3n) is 2.31. The normalized spacial score (nSPS) is 10.7. The van der Waals surface area contributed by atoms with Crippen LogP contribution in [-0.2, 0) is 10.0 Å². The number of hydrogen-bond donors (Lipinski definition) is 1. The van der Waals surface area contributed by atoms with E-state index in [0.29, 0.717) is 15.7 Å². The Balaban J connectivity index is 2.33.